The number of benzene rings is 1. The van der Waals surface area contributed by atoms with E-state index >= 15 is 0 Å². The van der Waals surface area contributed by atoms with Gasteiger partial charge in [0.25, 0.3) is 0 Å². The molecule has 1 aromatic rings. The normalized spacial score (nSPS) is 13.1. The van der Waals surface area contributed by atoms with Crippen LogP contribution in [0.2, 0.25) is 5.02 Å². The van der Waals surface area contributed by atoms with Crippen molar-refractivity contribution in [3.8, 4) is 0 Å². The van der Waals surface area contributed by atoms with E-state index in [-0.39, 0.29) is 6.04 Å². The van der Waals surface area contributed by atoms with Crippen LogP contribution in [0, 0.1) is 0 Å². The quantitative estimate of drug-likeness (QED) is 0.237. The molecule has 0 aromatic heterocycles. The second-order valence-corrected chi connectivity index (χ2v) is 4.72. The number of hydrogen-bond acceptors (Lipinski definition) is 3. The minimum absolute atomic E-state index is 0.0189. The Balaban J connectivity index is 2.51. The number of guanidine groups is 1. The third-order valence-electron chi connectivity index (χ3n) is 2.78. The van der Waals surface area contributed by atoms with Gasteiger partial charge in [-0.2, -0.15) is 0 Å². The van der Waals surface area contributed by atoms with Gasteiger partial charge in [0.15, 0.2) is 0 Å². The SMILES string of the molecule is CCOCCCN=C(NN)NC(C)c1ccccc1Cl. The van der Waals surface area contributed by atoms with Gasteiger partial charge in [-0.15, -0.1) is 0 Å². The Labute approximate surface area is 125 Å². The van der Waals surface area contributed by atoms with Crippen LogP contribution in [0.1, 0.15) is 31.9 Å². The first-order valence-electron chi connectivity index (χ1n) is 6.78. The van der Waals surface area contributed by atoms with Crippen molar-refractivity contribution in [1.82, 2.24) is 10.7 Å². The van der Waals surface area contributed by atoms with Gasteiger partial charge in [0, 0.05) is 24.8 Å². The maximum Gasteiger partial charge on any atom is 0.206 e. The van der Waals surface area contributed by atoms with Crippen LogP contribution in [0.5, 0.6) is 0 Å². The van der Waals surface area contributed by atoms with E-state index in [0.29, 0.717) is 19.1 Å². The number of rotatable bonds is 7. The van der Waals surface area contributed by atoms with E-state index in [1.54, 1.807) is 0 Å². The maximum absolute atomic E-state index is 6.16. The number of nitrogens with zero attached hydrogens (tertiary/aromatic N) is 1. The molecule has 0 aliphatic carbocycles. The van der Waals surface area contributed by atoms with Crippen LogP contribution in [-0.2, 0) is 4.74 Å². The number of nitrogens with two attached hydrogens (primary N) is 1. The topological polar surface area (TPSA) is 71.7 Å². The Kier molecular flexibility index (Phi) is 8.02. The number of aliphatic imine (C=N–C) groups is 1. The summed E-state index contributed by atoms with van der Waals surface area (Å²) in [5, 5.41) is 3.93. The smallest absolute Gasteiger partial charge is 0.206 e. The molecular formula is C14H23ClN4O. The molecule has 20 heavy (non-hydrogen) atoms. The van der Waals surface area contributed by atoms with Crippen molar-refractivity contribution in [1.29, 1.82) is 0 Å². The highest BCUT2D eigenvalue weighted by molar-refractivity contribution is 6.31. The molecule has 4 N–H and O–H groups in total. The van der Waals surface area contributed by atoms with E-state index in [1.807, 2.05) is 38.1 Å². The first kappa shape index (κ1) is 16.8. The van der Waals surface area contributed by atoms with Crippen molar-refractivity contribution in [2.75, 3.05) is 19.8 Å². The van der Waals surface area contributed by atoms with E-state index in [0.717, 1.165) is 23.6 Å². The van der Waals surface area contributed by atoms with Crippen LogP contribution in [0.4, 0.5) is 0 Å². The van der Waals surface area contributed by atoms with Crippen molar-refractivity contribution < 1.29 is 4.74 Å². The summed E-state index contributed by atoms with van der Waals surface area (Å²) in [7, 11) is 0. The summed E-state index contributed by atoms with van der Waals surface area (Å²) in [6.07, 6.45) is 0.862. The van der Waals surface area contributed by atoms with E-state index < -0.39 is 0 Å². The summed E-state index contributed by atoms with van der Waals surface area (Å²) < 4.78 is 5.26. The van der Waals surface area contributed by atoms with Crippen molar-refractivity contribution >= 4 is 17.6 Å². The average Bonchev–Trinajstić information content (AvgIpc) is 2.46. The van der Waals surface area contributed by atoms with Crippen molar-refractivity contribution in [3.63, 3.8) is 0 Å². The fourth-order valence-corrected chi connectivity index (χ4v) is 2.04. The Hall–Kier alpha value is -1.30. The third kappa shape index (κ3) is 5.77. The third-order valence-corrected chi connectivity index (χ3v) is 3.13. The summed E-state index contributed by atoms with van der Waals surface area (Å²) in [6.45, 7) is 6.07. The molecule has 5 nitrogen and oxygen atoms in total. The van der Waals surface area contributed by atoms with Crippen molar-refractivity contribution in [3.05, 3.63) is 34.9 Å². The van der Waals surface area contributed by atoms with Gasteiger partial charge in [-0.05, 0) is 31.9 Å². The molecule has 0 fully saturated rings. The molecule has 1 rings (SSSR count). The van der Waals surface area contributed by atoms with E-state index in [1.165, 1.54) is 0 Å². The fraction of sp³-hybridized carbons (Fsp3) is 0.500. The van der Waals surface area contributed by atoms with Gasteiger partial charge in [-0.25, -0.2) is 5.84 Å². The minimum atomic E-state index is 0.0189. The number of hydrazine groups is 1. The predicted molar refractivity (Wildman–Crippen MR) is 83.7 cm³/mol. The van der Waals surface area contributed by atoms with Gasteiger partial charge >= 0.3 is 0 Å². The lowest BCUT2D eigenvalue weighted by molar-refractivity contribution is 0.146. The van der Waals surface area contributed by atoms with Crippen molar-refractivity contribution in [2.24, 2.45) is 10.8 Å². The van der Waals surface area contributed by atoms with Crippen LogP contribution < -0.4 is 16.6 Å². The maximum atomic E-state index is 6.16. The highest BCUT2D eigenvalue weighted by Gasteiger charge is 2.10. The molecule has 0 aliphatic rings. The highest BCUT2D eigenvalue weighted by atomic mass is 35.5. The molecule has 0 aliphatic heterocycles. The zero-order valence-electron chi connectivity index (χ0n) is 12.0. The molecule has 0 spiro atoms. The molecule has 1 atom stereocenters. The Morgan fingerprint density at radius 2 is 2.20 bits per heavy atom. The molecule has 0 bridgehead atoms. The van der Waals surface area contributed by atoms with Gasteiger partial charge < -0.3 is 10.1 Å². The molecule has 1 unspecified atom stereocenters. The van der Waals surface area contributed by atoms with Crippen LogP contribution in [0.15, 0.2) is 29.3 Å². The summed E-state index contributed by atoms with van der Waals surface area (Å²) in [5.41, 5.74) is 3.57. The monoisotopic (exact) mass is 298 g/mol. The second kappa shape index (κ2) is 9.58. The van der Waals surface area contributed by atoms with E-state index in [4.69, 9.17) is 22.2 Å². The van der Waals surface area contributed by atoms with Crippen LogP contribution >= 0.6 is 11.6 Å². The lowest BCUT2D eigenvalue weighted by Gasteiger charge is -2.18. The van der Waals surface area contributed by atoms with Gasteiger partial charge in [0.1, 0.15) is 0 Å². The summed E-state index contributed by atoms with van der Waals surface area (Å²) >= 11 is 6.16. The van der Waals surface area contributed by atoms with Gasteiger partial charge in [-0.1, -0.05) is 29.8 Å². The number of nitrogens with one attached hydrogen (secondary N) is 2. The molecule has 0 radical (unpaired) electrons. The molecule has 112 valence electrons. The Bertz CT molecular complexity index is 425. The molecule has 1 aromatic carbocycles. The van der Waals surface area contributed by atoms with Gasteiger partial charge in [0.05, 0.1) is 6.04 Å². The lowest BCUT2D eigenvalue weighted by Crippen LogP contribution is -2.42. The van der Waals surface area contributed by atoms with E-state index in [2.05, 4.69) is 15.7 Å². The average molecular weight is 299 g/mol. The summed E-state index contributed by atoms with van der Waals surface area (Å²) in [5.74, 6) is 6.02. The number of ether oxygens (including phenoxy) is 1. The molecule has 0 saturated carbocycles. The molecule has 6 heteroatoms. The lowest BCUT2D eigenvalue weighted by atomic mass is 10.1. The fourth-order valence-electron chi connectivity index (χ4n) is 1.74. The Morgan fingerprint density at radius 3 is 2.85 bits per heavy atom. The van der Waals surface area contributed by atoms with Crippen LogP contribution in [-0.4, -0.2) is 25.7 Å². The predicted octanol–water partition coefficient (Wildman–Crippen LogP) is 2.24. The first-order valence-corrected chi connectivity index (χ1v) is 7.16. The largest absolute Gasteiger partial charge is 0.382 e. The Morgan fingerprint density at radius 1 is 1.45 bits per heavy atom. The summed E-state index contributed by atoms with van der Waals surface area (Å²) in [6, 6.07) is 7.72. The molecule has 0 saturated heterocycles. The van der Waals surface area contributed by atoms with Crippen LogP contribution in [0.25, 0.3) is 0 Å². The number of halogens is 1. The van der Waals surface area contributed by atoms with Crippen LogP contribution in [0.3, 0.4) is 0 Å². The van der Waals surface area contributed by atoms with E-state index in [9.17, 15) is 0 Å². The zero-order chi connectivity index (χ0) is 14.8. The number of hydrogen-bond donors (Lipinski definition) is 3. The minimum Gasteiger partial charge on any atom is -0.382 e. The van der Waals surface area contributed by atoms with Crippen molar-refractivity contribution in [2.45, 2.75) is 26.3 Å². The van der Waals surface area contributed by atoms with Gasteiger partial charge in [0.2, 0.25) is 5.96 Å². The molecule has 0 amide bonds. The standard InChI is InChI=1S/C14H23ClN4O/c1-3-20-10-6-9-17-14(19-16)18-11(2)12-7-4-5-8-13(12)15/h4-5,7-8,11H,3,6,9-10,16H2,1-2H3,(H2,17,18,19). The summed E-state index contributed by atoms with van der Waals surface area (Å²) in [4.78, 5) is 4.36. The zero-order valence-corrected chi connectivity index (χ0v) is 12.8. The molecular weight excluding hydrogens is 276 g/mol. The second-order valence-electron chi connectivity index (χ2n) is 4.31. The van der Waals surface area contributed by atoms with Gasteiger partial charge in [-0.3, -0.25) is 10.4 Å². The molecule has 0 heterocycles. The first-order chi connectivity index (χ1) is 9.69. The highest BCUT2D eigenvalue weighted by Crippen LogP contribution is 2.21.